The number of fused-ring (bicyclic) bond motifs is 1. The standard InChI is InChI=1S/C27H36N6/c1-32(2)26-24-7-3-4-8-25(24)30-27(31-26)29-22-13-11-21(12-14-22)28-19-20-9-15-23(16-10-20)33-17-5-6-18-33/h3-4,7-10,15-16,21-22,28H,5-6,11-14,17-19H2,1-2H3,(H,29,30,31)/t21-,22+. The summed E-state index contributed by atoms with van der Waals surface area (Å²) in [6.45, 7) is 3.36. The van der Waals surface area contributed by atoms with E-state index in [1.165, 1.54) is 50.0 Å². The van der Waals surface area contributed by atoms with Gasteiger partial charge in [0.1, 0.15) is 5.82 Å². The summed E-state index contributed by atoms with van der Waals surface area (Å²) in [6, 6.07) is 18.4. The van der Waals surface area contributed by atoms with Gasteiger partial charge in [-0.05, 0) is 68.4 Å². The van der Waals surface area contributed by atoms with Gasteiger partial charge in [-0.3, -0.25) is 0 Å². The average molecular weight is 445 g/mol. The number of nitrogens with zero attached hydrogens (tertiary/aromatic N) is 4. The molecule has 0 radical (unpaired) electrons. The topological polar surface area (TPSA) is 56.3 Å². The number of anilines is 3. The van der Waals surface area contributed by atoms with Gasteiger partial charge in [0.15, 0.2) is 0 Å². The van der Waals surface area contributed by atoms with Crippen molar-refractivity contribution < 1.29 is 0 Å². The fraction of sp³-hybridized carbons (Fsp3) is 0.481. The van der Waals surface area contributed by atoms with Crippen LogP contribution in [0.3, 0.4) is 0 Å². The molecule has 3 aromatic rings. The summed E-state index contributed by atoms with van der Waals surface area (Å²) in [5.41, 5.74) is 3.74. The maximum Gasteiger partial charge on any atom is 0.225 e. The molecule has 2 fully saturated rings. The van der Waals surface area contributed by atoms with Gasteiger partial charge in [0.05, 0.1) is 5.52 Å². The van der Waals surface area contributed by atoms with Crippen molar-refractivity contribution in [2.24, 2.45) is 0 Å². The Labute approximate surface area is 197 Å². The van der Waals surface area contributed by atoms with Gasteiger partial charge in [-0.1, -0.05) is 24.3 Å². The summed E-state index contributed by atoms with van der Waals surface area (Å²) >= 11 is 0. The van der Waals surface area contributed by atoms with E-state index in [0.717, 1.165) is 42.1 Å². The van der Waals surface area contributed by atoms with E-state index in [9.17, 15) is 0 Å². The quantitative estimate of drug-likeness (QED) is 0.545. The van der Waals surface area contributed by atoms with Crippen LogP contribution in [0.15, 0.2) is 48.5 Å². The molecular weight excluding hydrogens is 408 g/mol. The van der Waals surface area contributed by atoms with E-state index < -0.39 is 0 Å². The Balaban J connectivity index is 1.12. The summed E-state index contributed by atoms with van der Waals surface area (Å²) in [4.78, 5) is 14.1. The average Bonchev–Trinajstić information content (AvgIpc) is 3.38. The van der Waals surface area contributed by atoms with Gasteiger partial charge in [0.25, 0.3) is 0 Å². The molecule has 2 N–H and O–H groups in total. The number of nitrogens with one attached hydrogen (secondary N) is 2. The van der Waals surface area contributed by atoms with Gasteiger partial charge in [0, 0.05) is 56.9 Å². The first kappa shape index (κ1) is 22.0. The summed E-state index contributed by atoms with van der Waals surface area (Å²) in [5.74, 6) is 1.71. The number of hydrogen-bond donors (Lipinski definition) is 2. The Hall–Kier alpha value is -2.86. The molecule has 2 heterocycles. The highest BCUT2D eigenvalue weighted by Gasteiger charge is 2.22. The van der Waals surface area contributed by atoms with Crippen molar-refractivity contribution in [3.8, 4) is 0 Å². The predicted octanol–water partition coefficient (Wildman–Crippen LogP) is 4.81. The summed E-state index contributed by atoms with van der Waals surface area (Å²) in [7, 11) is 4.07. The first-order valence-corrected chi connectivity index (χ1v) is 12.4. The van der Waals surface area contributed by atoms with Crippen LogP contribution in [0, 0.1) is 0 Å². The summed E-state index contributed by atoms with van der Waals surface area (Å²) in [6.07, 6.45) is 7.28. The van der Waals surface area contributed by atoms with Crippen molar-refractivity contribution in [1.29, 1.82) is 0 Å². The second kappa shape index (κ2) is 9.96. The van der Waals surface area contributed by atoms with E-state index in [1.54, 1.807) is 0 Å². The lowest BCUT2D eigenvalue weighted by Crippen LogP contribution is -2.37. The highest BCUT2D eigenvalue weighted by Crippen LogP contribution is 2.27. The van der Waals surface area contributed by atoms with Gasteiger partial charge < -0.3 is 20.4 Å². The normalized spacial score (nSPS) is 20.8. The first-order chi connectivity index (χ1) is 16.2. The molecule has 1 aliphatic carbocycles. The molecule has 0 amide bonds. The van der Waals surface area contributed by atoms with Crippen LogP contribution in [-0.4, -0.2) is 49.2 Å². The Bertz CT molecular complexity index is 1050. The van der Waals surface area contributed by atoms with Crippen molar-refractivity contribution in [2.45, 2.75) is 57.2 Å². The second-order valence-corrected chi connectivity index (χ2v) is 9.72. The molecule has 5 rings (SSSR count). The van der Waals surface area contributed by atoms with Crippen molar-refractivity contribution in [1.82, 2.24) is 15.3 Å². The minimum atomic E-state index is 0.430. The van der Waals surface area contributed by atoms with E-state index in [4.69, 9.17) is 9.97 Å². The van der Waals surface area contributed by atoms with Crippen LogP contribution in [0.2, 0.25) is 0 Å². The molecular formula is C27H36N6. The molecule has 0 bridgehead atoms. The van der Waals surface area contributed by atoms with Crippen LogP contribution in [0.5, 0.6) is 0 Å². The molecule has 6 nitrogen and oxygen atoms in total. The highest BCUT2D eigenvalue weighted by molar-refractivity contribution is 5.90. The Morgan fingerprint density at radius 3 is 2.30 bits per heavy atom. The van der Waals surface area contributed by atoms with Gasteiger partial charge in [-0.2, -0.15) is 4.98 Å². The van der Waals surface area contributed by atoms with Crippen molar-refractivity contribution >= 4 is 28.4 Å². The fourth-order valence-corrected chi connectivity index (χ4v) is 5.15. The number of para-hydroxylation sites is 1. The molecule has 2 aromatic carbocycles. The number of rotatable bonds is 7. The minimum Gasteiger partial charge on any atom is -0.372 e. The molecule has 1 aliphatic heterocycles. The van der Waals surface area contributed by atoms with Crippen LogP contribution >= 0.6 is 0 Å². The first-order valence-electron chi connectivity index (χ1n) is 12.4. The van der Waals surface area contributed by atoms with Gasteiger partial charge >= 0.3 is 0 Å². The van der Waals surface area contributed by atoms with E-state index in [1.807, 2.05) is 26.2 Å². The molecule has 1 saturated carbocycles. The Kier molecular flexibility index (Phi) is 6.63. The summed E-state index contributed by atoms with van der Waals surface area (Å²) in [5, 5.41) is 8.49. The van der Waals surface area contributed by atoms with Gasteiger partial charge in [-0.25, -0.2) is 4.98 Å². The van der Waals surface area contributed by atoms with Crippen LogP contribution < -0.4 is 20.4 Å². The third-order valence-corrected chi connectivity index (χ3v) is 7.07. The van der Waals surface area contributed by atoms with E-state index in [-0.39, 0.29) is 0 Å². The zero-order valence-electron chi connectivity index (χ0n) is 19.9. The summed E-state index contributed by atoms with van der Waals surface area (Å²) < 4.78 is 0. The van der Waals surface area contributed by atoms with Crippen molar-refractivity contribution in [3.63, 3.8) is 0 Å². The molecule has 33 heavy (non-hydrogen) atoms. The third-order valence-electron chi connectivity index (χ3n) is 7.07. The zero-order valence-corrected chi connectivity index (χ0v) is 19.9. The molecule has 6 heteroatoms. The predicted molar refractivity (Wildman–Crippen MR) is 138 cm³/mol. The second-order valence-electron chi connectivity index (χ2n) is 9.72. The Morgan fingerprint density at radius 2 is 1.58 bits per heavy atom. The zero-order chi connectivity index (χ0) is 22.6. The van der Waals surface area contributed by atoms with E-state index in [2.05, 4.69) is 56.8 Å². The number of aromatic nitrogens is 2. The molecule has 1 saturated heterocycles. The van der Waals surface area contributed by atoms with Crippen molar-refractivity contribution in [3.05, 3.63) is 54.1 Å². The van der Waals surface area contributed by atoms with Crippen LogP contribution in [0.4, 0.5) is 17.5 Å². The lowest BCUT2D eigenvalue weighted by molar-refractivity contribution is 0.352. The third kappa shape index (κ3) is 5.22. The molecule has 0 atom stereocenters. The van der Waals surface area contributed by atoms with Crippen LogP contribution in [0.1, 0.15) is 44.1 Å². The van der Waals surface area contributed by atoms with Crippen molar-refractivity contribution in [2.75, 3.05) is 42.3 Å². The molecule has 0 unspecified atom stereocenters. The van der Waals surface area contributed by atoms with Crippen LogP contribution in [-0.2, 0) is 6.54 Å². The fourth-order valence-electron chi connectivity index (χ4n) is 5.15. The number of hydrogen-bond acceptors (Lipinski definition) is 6. The lowest BCUT2D eigenvalue weighted by Gasteiger charge is -2.30. The SMILES string of the molecule is CN(C)c1nc(N[C@H]2CC[C@@H](NCc3ccc(N4CCCC4)cc3)CC2)nc2ccccc12. The monoisotopic (exact) mass is 444 g/mol. The minimum absolute atomic E-state index is 0.430. The lowest BCUT2D eigenvalue weighted by atomic mass is 9.91. The molecule has 0 spiro atoms. The highest BCUT2D eigenvalue weighted by atomic mass is 15.2. The maximum atomic E-state index is 4.81. The number of benzene rings is 2. The molecule has 1 aromatic heterocycles. The molecule has 2 aliphatic rings. The van der Waals surface area contributed by atoms with Crippen LogP contribution in [0.25, 0.3) is 10.9 Å². The largest absolute Gasteiger partial charge is 0.372 e. The van der Waals surface area contributed by atoms with Gasteiger partial charge in [-0.15, -0.1) is 0 Å². The Morgan fingerprint density at radius 1 is 0.879 bits per heavy atom. The molecule has 174 valence electrons. The maximum absolute atomic E-state index is 4.81. The smallest absolute Gasteiger partial charge is 0.225 e. The van der Waals surface area contributed by atoms with E-state index >= 15 is 0 Å². The van der Waals surface area contributed by atoms with E-state index in [0.29, 0.717) is 12.1 Å². The van der Waals surface area contributed by atoms with Gasteiger partial charge in [0.2, 0.25) is 5.95 Å².